The first-order valence-electron chi connectivity index (χ1n) is 7.53. The summed E-state index contributed by atoms with van der Waals surface area (Å²) in [5, 5.41) is 5.91. The molecule has 1 amide bonds. The lowest BCUT2D eigenvalue weighted by molar-refractivity contribution is 0.0523. The third kappa shape index (κ3) is 9.07. The van der Waals surface area contributed by atoms with Crippen LogP contribution in [0.25, 0.3) is 0 Å². The summed E-state index contributed by atoms with van der Waals surface area (Å²) in [7, 11) is -2.94. The smallest absolute Gasteiger partial charge is 0.407 e. The van der Waals surface area contributed by atoms with Crippen LogP contribution in [-0.4, -0.2) is 38.7 Å². The molecular weight excluding hydrogens is 316 g/mol. The Morgan fingerprint density at radius 1 is 1.22 bits per heavy atom. The van der Waals surface area contributed by atoms with Gasteiger partial charge in [-0.1, -0.05) is 18.2 Å². The van der Waals surface area contributed by atoms with Gasteiger partial charge in [0.1, 0.15) is 15.4 Å². The van der Waals surface area contributed by atoms with Gasteiger partial charge in [0.25, 0.3) is 0 Å². The van der Waals surface area contributed by atoms with Gasteiger partial charge in [-0.3, -0.25) is 0 Å². The van der Waals surface area contributed by atoms with Crippen molar-refractivity contribution >= 4 is 21.6 Å². The largest absolute Gasteiger partial charge is 0.444 e. The molecule has 1 aromatic carbocycles. The van der Waals surface area contributed by atoms with Crippen molar-refractivity contribution in [3.05, 3.63) is 29.8 Å². The van der Waals surface area contributed by atoms with Crippen LogP contribution in [-0.2, 0) is 21.1 Å². The molecule has 6 nitrogen and oxygen atoms in total. The molecule has 0 aliphatic carbocycles. The van der Waals surface area contributed by atoms with E-state index in [-0.39, 0.29) is 5.75 Å². The predicted molar refractivity (Wildman–Crippen MR) is 92.3 cm³/mol. The zero-order chi connectivity index (χ0) is 17.5. The number of sulfone groups is 1. The van der Waals surface area contributed by atoms with Crippen molar-refractivity contribution in [1.82, 2.24) is 5.32 Å². The maximum Gasteiger partial charge on any atom is 0.407 e. The molecule has 0 radical (unpaired) electrons. The van der Waals surface area contributed by atoms with Crippen LogP contribution in [0.5, 0.6) is 0 Å². The summed E-state index contributed by atoms with van der Waals surface area (Å²) in [5.74, 6) is 0.151. The Labute approximate surface area is 138 Å². The molecule has 0 saturated carbocycles. The van der Waals surface area contributed by atoms with Gasteiger partial charge < -0.3 is 15.4 Å². The molecular formula is C16H26N2O4S. The van der Waals surface area contributed by atoms with Crippen molar-refractivity contribution < 1.29 is 17.9 Å². The summed E-state index contributed by atoms with van der Waals surface area (Å²) in [6.45, 7) is 6.32. The minimum absolute atomic E-state index is 0.151. The number of ether oxygens (including phenoxy) is 1. The van der Waals surface area contributed by atoms with Crippen LogP contribution in [0, 0.1) is 0 Å². The highest BCUT2D eigenvalue weighted by Gasteiger charge is 2.16. The average Bonchev–Trinajstić information content (AvgIpc) is 2.39. The molecule has 1 aromatic rings. The zero-order valence-corrected chi connectivity index (χ0v) is 15.0. The fraction of sp³-hybridized carbons (Fsp3) is 0.562. The first-order chi connectivity index (χ1) is 10.6. The van der Waals surface area contributed by atoms with Gasteiger partial charge in [-0.15, -0.1) is 0 Å². The van der Waals surface area contributed by atoms with Gasteiger partial charge in [0.2, 0.25) is 0 Å². The van der Waals surface area contributed by atoms with E-state index in [1.807, 2.05) is 45.0 Å². The third-order valence-electron chi connectivity index (χ3n) is 2.85. The molecule has 0 fully saturated rings. The van der Waals surface area contributed by atoms with E-state index in [4.69, 9.17) is 4.74 Å². The molecule has 0 atom stereocenters. The third-order valence-corrected chi connectivity index (χ3v) is 3.88. The van der Waals surface area contributed by atoms with E-state index >= 15 is 0 Å². The molecule has 1 rings (SSSR count). The number of nitrogens with one attached hydrogen (secondary N) is 2. The number of rotatable bonds is 7. The first kappa shape index (κ1) is 19.3. The molecule has 0 bridgehead atoms. The lowest BCUT2D eigenvalue weighted by Crippen LogP contribution is -2.32. The van der Waals surface area contributed by atoms with Crippen LogP contribution in [0.4, 0.5) is 10.5 Å². The van der Waals surface area contributed by atoms with Crippen LogP contribution in [0.2, 0.25) is 0 Å². The molecule has 0 aliphatic rings. The van der Waals surface area contributed by atoms with Gasteiger partial charge in [0.15, 0.2) is 0 Å². The van der Waals surface area contributed by atoms with E-state index in [0.29, 0.717) is 19.5 Å². The van der Waals surface area contributed by atoms with Gasteiger partial charge >= 0.3 is 6.09 Å². The molecule has 0 unspecified atom stereocenters. The molecule has 0 heterocycles. The molecule has 7 heteroatoms. The summed E-state index contributed by atoms with van der Waals surface area (Å²) in [4.78, 5) is 11.7. The van der Waals surface area contributed by atoms with Gasteiger partial charge in [0, 0.05) is 25.0 Å². The van der Waals surface area contributed by atoms with E-state index in [1.54, 1.807) is 0 Å². The number of hydrogen-bond acceptors (Lipinski definition) is 5. The molecule has 130 valence electrons. The van der Waals surface area contributed by atoms with Crippen LogP contribution in [0.15, 0.2) is 24.3 Å². The van der Waals surface area contributed by atoms with Crippen molar-refractivity contribution in [2.75, 3.05) is 23.9 Å². The fourth-order valence-corrected chi connectivity index (χ4v) is 2.55. The minimum atomic E-state index is -2.94. The topological polar surface area (TPSA) is 84.5 Å². The second-order valence-corrected chi connectivity index (χ2v) is 8.68. The zero-order valence-electron chi connectivity index (χ0n) is 14.2. The van der Waals surface area contributed by atoms with Crippen molar-refractivity contribution in [2.45, 2.75) is 39.3 Å². The monoisotopic (exact) mass is 342 g/mol. The van der Waals surface area contributed by atoms with Crippen molar-refractivity contribution in [1.29, 1.82) is 0 Å². The highest BCUT2D eigenvalue weighted by Crippen LogP contribution is 2.15. The maximum atomic E-state index is 11.7. The number of carbonyl (C=O) groups excluding carboxylic acids is 1. The second-order valence-electron chi connectivity index (χ2n) is 6.42. The van der Waals surface area contributed by atoms with Gasteiger partial charge in [-0.25, -0.2) is 13.2 Å². The lowest BCUT2D eigenvalue weighted by Gasteiger charge is -2.20. The average molecular weight is 342 g/mol. The quantitative estimate of drug-likeness (QED) is 0.744. The Bertz CT molecular complexity index is 621. The van der Waals surface area contributed by atoms with Crippen molar-refractivity contribution in [2.24, 2.45) is 0 Å². The maximum absolute atomic E-state index is 11.7. The summed E-state index contributed by atoms with van der Waals surface area (Å²) in [6.07, 6.45) is 1.29. The standard InChI is InChI=1S/C16H26N2O4S/c1-16(2,3)22-15(19)18-12-13-8-5-6-9-14(13)17-10-7-11-23(4,20)21/h5-6,8-9,17H,7,10-12H2,1-4H3,(H,18,19). The van der Waals surface area contributed by atoms with E-state index in [9.17, 15) is 13.2 Å². The Kier molecular flexibility index (Phi) is 6.87. The minimum Gasteiger partial charge on any atom is -0.444 e. The van der Waals surface area contributed by atoms with E-state index in [0.717, 1.165) is 11.3 Å². The number of anilines is 1. The molecule has 0 spiro atoms. The SMILES string of the molecule is CC(C)(C)OC(=O)NCc1ccccc1NCCCS(C)(=O)=O. The summed E-state index contributed by atoms with van der Waals surface area (Å²) < 4.78 is 27.4. The Balaban J connectivity index is 2.52. The highest BCUT2D eigenvalue weighted by molar-refractivity contribution is 7.90. The van der Waals surface area contributed by atoms with E-state index in [2.05, 4.69) is 10.6 Å². The van der Waals surface area contributed by atoms with Crippen molar-refractivity contribution in [3.63, 3.8) is 0 Å². The van der Waals surface area contributed by atoms with Gasteiger partial charge in [-0.05, 0) is 38.8 Å². The van der Waals surface area contributed by atoms with Gasteiger partial charge in [0.05, 0.1) is 5.75 Å². The number of para-hydroxylation sites is 1. The molecule has 2 N–H and O–H groups in total. The highest BCUT2D eigenvalue weighted by atomic mass is 32.2. The number of amides is 1. The number of carbonyl (C=O) groups is 1. The van der Waals surface area contributed by atoms with Crippen LogP contribution >= 0.6 is 0 Å². The number of alkyl carbamates (subject to hydrolysis) is 1. The van der Waals surface area contributed by atoms with Crippen LogP contribution in [0.3, 0.4) is 0 Å². The summed E-state index contributed by atoms with van der Waals surface area (Å²) in [6, 6.07) is 7.56. The molecule has 0 saturated heterocycles. The Morgan fingerprint density at radius 2 is 1.87 bits per heavy atom. The molecule has 0 aliphatic heterocycles. The summed E-state index contributed by atoms with van der Waals surface area (Å²) in [5.41, 5.74) is 1.25. The Morgan fingerprint density at radius 3 is 2.48 bits per heavy atom. The van der Waals surface area contributed by atoms with Crippen molar-refractivity contribution in [3.8, 4) is 0 Å². The lowest BCUT2D eigenvalue weighted by atomic mass is 10.1. The Hall–Kier alpha value is -1.76. The normalized spacial score (nSPS) is 11.8. The fourth-order valence-electron chi connectivity index (χ4n) is 1.89. The second kappa shape index (κ2) is 8.19. The number of benzene rings is 1. The predicted octanol–water partition coefficient (Wildman–Crippen LogP) is 2.56. The molecule has 0 aromatic heterocycles. The van der Waals surface area contributed by atoms with Gasteiger partial charge in [-0.2, -0.15) is 0 Å². The molecule has 23 heavy (non-hydrogen) atoms. The van der Waals surface area contributed by atoms with E-state index in [1.165, 1.54) is 6.26 Å². The first-order valence-corrected chi connectivity index (χ1v) is 9.59. The summed E-state index contributed by atoms with van der Waals surface area (Å²) >= 11 is 0. The van der Waals surface area contributed by atoms with Crippen LogP contribution in [0.1, 0.15) is 32.8 Å². The number of hydrogen-bond donors (Lipinski definition) is 2. The van der Waals surface area contributed by atoms with E-state index < -0.39 is 21.5 Å². The van der Waals surface area contributed by atoms with Crippen LogP contribution < -0.4 is 10.6 Å².